The minimum Gasteiger partial charge on any atom is -0.326 e. The predicted molar refractivity (Wildman–Crippen MR) is 105 cm³/mol. The Labute approximate surface area is 160 Å². The van der Waals surface area contributed by atoms with Crippen molar-refractivity contribution in [3.05, 3.63) is 82.0 Å². The molecule has 3 rings (SSSR count). The van der Waals surface area contributed by atoms with E-state index in [-0.39, 0.29) is 17.4 Å². The largest absolute Gasteiger partial charge is 0.326 e. The first-order valence-electron chi connectivity index (χ1n) is 8.32. The number of nitro benzene ring substituents is 1. The molecule has 0 bridgehead atoms. The Morgan fingerprint density at radius 2 is 1.93 bits per heavy atom. The van der Waals surface area contributed by atoms with Gasteiger partial charge in [-0.25, -0.2) is 0 Å². The number of anilines is 1. The summed E-state index contributed by atoms with van der Waals surface area (Å²) in [5.74, 6) is -0.409. The van der Waals surface area contributed by atoms with E-state index in [2.05, 4.69) is 15.5 Å². The molecule has 0 aliphatic rings. The highest BCUT2D eigenvalue weighted by molar-refractivity contribution is 6.07. The second kappa shape index (κ2) is 8.09. The standard InChI is InChI=1S/C20H16N4O4/c1-13(25)22-17-8-5-14(6-9-17)19(26)10-7-16-12-21-23-20(16)15-3-2-4-18(11-15)24(27)28/h2-12H,1H3,(H,21,23)(H,22,25)/b10-7+. The van der Waals surface area contributed by atoms with Gasteiger partial charge in [0.1, 0.15) is 0 Å². The van der Waals surface area contributed by atoms with E-state index < -0.39 is 4.92 Å². The third kappa shape index (κ3) is 4.36. The van der Waals surface area contributed by atoms with E-state index in [9.17, 15) is 19.7 Å². The van der Waals surface area contributed by atoms with Crippen molar-refractivity contribution in [2.45, 2.75) is 6.92 Å². The van der Waals surface area contributed by atoms with Crippen molar-refractivity contribution in [3.63, 3.8) is 0 Å². The lowest BCUT2D eigenvalue weighted by molar-refractivity contribution is -0.384. The van der Waals surface area contributed by atoms with Gasteiger partial charge in [0.25, 0.3) is 5.69 Å². The summed E-state index contributed by atoms with van der Waals surface area (Å²) in [7, 11) is 0. The van der Waals surface area contributed by atoms with E-state index >= 15 is 0 Å². The molecule has 0 aliphatic carbocycles. The number of nitrogens with zero attached hydrogens (tertiary/aromatic N) is 2. The first-order valence-corrected chi connectivity index (χ1v) is 8.32. The van der Waals surface area contributed by atoms with Crippen LogP contribution in [0.15, 0.2) is 60.8 Å². The summed E-state index contributed by atoms with van der Waals surface area (Å²) in [5.41, 5.74) is 2.84. The normalized spacial score (nSPS) is 10.8. The molecule has 1 amide bonds. The summed E-state index contributed by atoms with van der Waals surface area (Å²) in [6.07, 6.45) is 4.54. The molecule has 8 heteroatoms. The molecule has 140 valence electrons. The number of hydrogen-bond acceptors (Lipinski definition) is 5. The fraction of sp³-hybridized carbons (Fsp3) is 0.0500. The Morgan fingerprint density at radius 1 is 1.18 bits per heavy atom. The van der Waals surface area contributed by atoms with Gasteiger partial charge in [-0.1, -0.05) is 12.1 Å². The smallest absolute Gasteiger partial charge is 0.270 e. The molecule has 0 unspecified atom stereocenters. The molecule has 0 spiro atoms. The maximum Gasteiger partial charge on any atom is 0.270 e. The summed E-state index contributed by atoms with van der Waals surface area (Å²) in [4.78, 5) is 33.9. The van der Waals surface area contributed by atoms with Gasteiger partial charge < -0.3 is 5.32 Å². The van der Waals surface area contributed by atoms with Gasteiger partial charge in [-0.3, -0.25) is 24.8 Å². The number of non-ortho nitro benzene ring substituents is 1. The predicted octanol–water partition coefficient (Wildman–Crippen LogP) is 3.84. The third-order valence-electron chi connectivity index (χ3n) is 3.92. The molecule has 2 aromatic carbocycles. The molecule has 1 heterocycles. The third-order valence-corrected chi connectivity index (χ3v) is 3.92. The molecule has 28 heavy (non-hydrogen) atoms. The van der Waals surface area contributed by atoms with Gasteiger partial charge in [0.05, 0.1) is 16.8 Å². The van der Waals surface area contributed by atoms with Crippen LogP contribution in [0, 0.1) is 10.1 Å². The van der Waals surface area contributed by atoms with Crippen molar-refractivity contribution >= 4 is 29.1 Å². The number of carbonyl (C=O) groups is 2. The van der Waals surface area contributed by atoms with Crippen LogP contribution in [-0.4, -0.2) is 26.8 Å². The number of aromatic nitrogens is 2. The van der Waals surface area contributed by atoms with Gasteiger partial charge in [-0.2, -0.15) is 5.10 Å². The molecule has 0 fully saturated rings. The highest BCUT2D eigenvalue weighted by Crippen LogP contribution is 2.25. The summed E-state index contributed by atoms with van der Waals surface area (Å²) in [6, 6.07) is 12.7. The maximum absolute atomic E-state index is 12.4. The van der Waals surface area contributed by atoms with Crippen molar-refractivity contribution in [2.24, 2.45) is 0 Å². The van der Waals surface area contributed by atoms with E-state index in [4.69, 9.17) is 0 Å². The molecule has 1 aromatic heterocycles. The Morgan fingerprint density at radius 3 is 2.61 bits per heavy atom. The number of hydrogen-bond donors (Lipinski definition) is 2. The number of amides is 1. The van der Waals surface area contributed by atoms with Crippen LogP contribution in [0.2, 0.25) is 0 Å². The minimum atomic E-state index is -0.469. The van der Waals surface area contributed by atoms with E-state index in [1.807, 2.05) is 0 Å². The number of nitro groups is 1. The lowest BCUT2D eigenvalue weighted by Gasteiger charge is -2.02. The summed E-state index contributed by atoms with van der Waals surface area (Å²) in [5, 5.41) is 20.4. The van der Waals surface area contributed by atoms with Gasteiger partial charge in [0.2, 0.25) is 5.91 Å². The number of allylic oxidation sites excluding steroid dienone is 1. The van der Waals surface area contributed by atoms with Crippen LogP contribution in [0.1, 0.15) is 22.8 Å². The molecular formula is C20H16N4O4. The van der Waals surface area contributed by atoms with Crippen LogP contribution in [0.3, 0.4) is 0 Å². The summed E-state index contributed by atoms with van der Waals surface area (Å²) < 4.78 is 0. The second-order valence-electron chi connectivity index (χ2n) is 5.96. The first kappa shape index (κ1) is 18.7. The van der Waals surface area contributed by atoms with Crippen LogP contribution < -0.4 is 5.32 Å². The molecule has 0 atom stereocenters. The van der Waals surface area contributed by atoms with Crippen molar-refractivity contribution in [1.29, 1.82) is 0 Å². The average Bonchev–Trinajstić information content (AvgIpc) is 3.15. The number of rotatable bonds is 6. The molecule has 0 radical (unpaired) electrons. The monoisotopic (exact) mass is 376 g/mol. The molecular weight excluding hydrogens is 360 g/mol. The lowest BCUT2D eigenvalue weighted by Crippen LogP contribution is -2.05. The van der Waals surface area contributed by atoms with Crippen molar-refractivity contribution in [3.8, 4) is 11.3 Å². The van der Waals surface area contributed by atoms with E-state index in [0.29, 0.717) is 28.1 Å². The van der Waals surface area contributed by atoms with Crippen LogP contribution in [0.25, 0.3) is 17.3 Å². The molecule has 0 saturated heterocycles. The van der Waals surface area contributed by atoms with Crippen LogP contribution in [0.5, 0.6) is 0 Å². The van der Waals surface area contributed by atoms with Gasteiger partial charge >= 0.3 is 0 Å². The summed E-state index contributed by atoms with van der Waals surface area (Å²) in [6.45, 7) is 1.41. The Bertz CT molecular complexity index is 1070. The zero-order chi connectivity index (χ0) is 20.1. The number of nitrogens with one attached hydrogen (secondary N) is 2. The topological polar surface area (TPSA) is 118 Å². The van der Waals surface area contributed by atoms with Gasteiger partial charge in [-0.15, -0.1) is 0 Å². The number of benzene rings is 2. The van der Waals surface area contributed by atoms with Gasteiger partial charge in [0.15, 0.2) is 5.78 Å². The van der Waals surface area contributed by atoms with E-state index in [0.717, 1.165) is 0 Å². The highest BCUT2D eigenvalue weighted by Gasteiger charge is 2.11. The number of aromatic amines is 1. The molecule has 2 N–H and O–H groups in total. The lowest BCUT2D eigenvalue weighted by atomic mass is 10.1. The van der Waals surface area contributed by atoms with Gasteiger partial charge in [0, 0.05) is 41.4 Å². The van der Waals surface area contributed by atoms with Crippen LogP contribution in [-0.2, 0) is 4.79 Å². The Balaban J connectivity index is 1.79. The maximum atomic E-state index is 12.4. The zero-order valence-corrected chi connectivity index (χ0v) is 14.9. The van der Waals surface area contributed by atoms with Crippen molar-refractivity contribution in [2.75, 3.05) is 5.32 Å². The second-order valence-corrected chi connectivity index (χ2v) is 5.96. The summed E-state index contributed by atoms with van der Waals surface area (Å²) >= 11 is 0. The fourth-order valence-electron chi connectivity index (χ4n) is 2.61. The Hall–Kier alpha value is -4.07. The SMILES string of the molecule is CC(=O)Nc1ccc(C(=O)/C=C/c2cn[nH]c2-c2cccc([N+](=O)[O-])c2)cc1. The van der Waals surface area contributed by atoms with Crippen LogP contribution in [0.4, 0.5) is 11.4 Å². The highest BCUT2D eigenvalue weighted by atomic mass is 16.6. The molecule has 0 saturated carbocycles. The quantitative estimate of drug-likeness (QED) is 0.293. The fourth-order valence-corrected chi connectivity index (χ4v) is 2.61. The molecule has 8 nitrogen and oxygen atoms in total. The zero-order valence-electron chi connectivity index (χ0n) is 14.9. The van der Waals surface area contributed by atoms with E-state index in [1.54, 1.807) is 42.5 Å². The van der Waals surface area contributed by atoms with Crippen molar-refractivity contribution in [1.82, 2.24) is 10.2 Å². The number of carbonyl (C=O) groups excluding carboxylic acids is 2. The van der Waals surface area contributed by atoms with Gasteiger partial charge in [-0.05, 0) is 36.4 Å². The Kier molecular flexibility index (Phi) is 5.40. The number of H-pyrrole nitrogens is 1. The van der Waals surface area contributed by atoms with Crippen molar-refractivity contribution < 1.29 is 14.5 Å². The number of ketones is 1. The molecule has 3 aromatic rings. The first-order chi connectivity index (χ1) is 13.4. The minimum absolute atomic E-state index is 0.0302. The van der Waals surface area contributed by atoms with Crippen LogP contribution >= 0.6 is 0 Å². The molecule has 0 aliphatic heterocycles. The average molecular weight is 376 g/mol. The van der Waals surface area contributed by atoms with E-state index in [1.165, 1.54) is 31.3 Å².